The van der Waals surface area contributed by atoms with Crippen LogP contribution in [-0.2, 0) is 0 Å². The quantitative estimate of drug-likeness (QED) is 0.844. The van der Waals surface area contributed by atoms with Crippen molar-refractivity contribution < 1.29 is 0 Å². The van der Waals surface area contributed by atoms with E-state index in [0.717, 1.165) is 15.9 Å². The van der Waals surface area contributed by atoms with Gasteiger partial charge >= 0.3 is 0 Å². The first-order valence-corrected chi connectivity index (χ1v) is 5.83. The smallest absolute Gasteiger partial charge is 0.145 e. The molecule has 1 aromatic heterocycles. The standard InChI is InChI=1S/C9H13IN4/c10-8-5-12-6-13-9(8)14(4-3-11)7-1-2-7/h5-7H,1-4,11H2. The number of halogens is 1. The second-order valence-electron chi connectivity index (χ2n) is 3.41. The second kappa shape index (κ2) is 4.39. The molecule has 5 heteroatoms. The van der Waals surface area contributed by atoms with Gasteiger partial charge in [0.05, 0.1) is 3.57 Å². The summed E-state index contributed by atoms with van der Waals surface area (Å²) in [6, 6.07) is 0.655. The number of rotatable bonds is 4. The molecule has 0 saturated heterocycles. The minimum Gasteiger partial charge on any atom is -0.351 e. The third-order valence-corrected chi connectivity index (χ3v) is 3.04. The molecule has 1 saturated carbocycles. The van der Waals surface area contributed by atoms with E-state index in [1.807, 2.05) is 6.20 Å². The average molecular weight is 304 g/mol. The van der Waals surface area contributed by atoms with Gasteiger partial charge in [0.15, 0.2) is 0 Å². The molecule has 2 rings (SSSR count). The Kier molecular flexibility index (Phi) is 3.17. The highest BCUT2D eigenvalue weighted by Gasteiger charge is 2.30. The van der Waals surface area contributed by atoms with Crippen LogP contribution in [0.3, 0.4) is 0 Å². The molecule has 0 bridgehead atoms. The van der Waals surface area contributed by atoms with Crippen LogP contribution < -0.4 is 10.6 Å². The fourth-order valence-corrected chi connectivity index (χ4v) is 2.11. The van der Waals surface area contributed by atoms with Crippen molar-refractivity contribution in [3.63, 3.8) is 0 Å². The van der Waals surface area contributed by atoms with Gasteiger partial charge in [-0.2, -0.15) is 0 Å². The third kappa shape index (κ3) is 2.14. The maximum atomic E-state index is 5.59. The summed E-state index contributed by atoms with van der Waals surface area (Å²) in [6.45, 7) is 1.56. The lowest BCUT2D eigenvalue weighted by Gasteiger charge is -2.23. The normalized spacial score (nSPS) is 15.6. The van der Waals surface area contributed by atoms with Crippen molar-refractivity contribution in [2.24, 2.45) is 5.73 Å². The van der Waals surface area contributed by atoms with Crippen LogP contribution in [0.25, 0.3) is 0 Å². The van der Waals surface area contributed by atoms with Gasteiger partial charge in [-0.15, -0.1) is 0 Å². The van der Waals surface area contributed by atoms with E-state index in [4.69, 9.17) is 5.73 Å². The van der Waals surface area contributed by atoms with Crippen molar-refractivity contribution in [1.82, 2.24) is 9.97 Å². The fourth-order valence-electron chi connectivity index (χ4n) is 1.50. The summed E-state index contributed by atoms with van der Waals surface area (Å²) >= 11 is 2.27. The molecule has 4 nitrogen and oxygen atoms in total. The van der Waals surface area contributed by atoms with Crippen LogP contribution in [0.15, 0.2) is 12.5 Å². The van der Waals surface area contributed by atoms with Gasteiger partial charge in [-0.05, 0) is 35.4 Å². The first-order chi connectivity index (χ1) is 6.83. The Morgan fingerprint density at radius 2 is 2.36 bits per heavy atom. The van der Waals surface area contributed by atoms with Crippen molar-refractivity contribution >= 4 is 28.4 Å². The monoisotopic (exact) mass is 304 g/mol. The Morgan fingerprint density at radius 3 is 2.93 bits per heavy atom. The Hall–Kier alpha value is -0.430. The van der Waals surface area contributed by atoms with Crippen molar-refractivity contribution in [3.8, 4) is 0 Å². The van der Waals surface area contributed by atoms with Crippen LogP contribution in [0.5, 0.6) is 0 Å². The van der Waals surface area contributed by atoms with E-state index in [1.165, 1.54) is 12.8 Å². The zero-order valence-corrected chi connectivity index (χ0v) is 10.0. The van der Waals surface area contributed by atoms with Crippen LogP contribution in [0.2, 0.25) is 0 Å². The number of anilines is 1. The van der Waals surface area contributed by atoms with E-state index >= 15 is 0 Å². The lowest BCUT2D eigenvalue weighted by molar-refractivity contribution is 0.766. The molecule has 0 aliphatic heterocycles. The van der Waals surface area contributed by atoms with Crippen LogP contribution in [0.4, 0.5) is 5.82 Å². The molecule has 0 spiro atoms. The average Bonchev–Trinajstić information content (AvgIpc) is 2.99. The van der Waals surface area contributed by atoms with Gasteiger partial charge in [-0.3, -0.25) is 0 Å². The maximum absolute atomic E-state index is 5.59. The summed E-state index contributed by atoms with van der Waals surface area (Å²) in [5.41, 5.74) is 5.59. The van der Waals surface area contributed by atoms with Gasteiger partial charge < -0.3 is 10.6 Å². The predicted octanol–water partition coefficient (Wildman–Crippen LogP) is 1.01. The topological polar surface area (TPSA) is 55.0 Å². The molecule has 1 aliphatic carbocycles. The van der Waals surface area contributed by atoms with E-state index in [9.17, 15) is 0 Å². The Labute approximate surface area is 97.1 Å². The first-order valence-electron chi connectivity index (χ1n) is 4.75. The summed E-state index contributed by atoms with van der Waals surface area (Å²) in [7, 11) is 0. The van der Waals surface area contributed by atoms with E-state index in [1.54, 1.807) is 6.33 Å². The molecule has 0 radical (unpaired) electrons. The van der Waals surface area contributed by atoms with Crippen molar-refractivity contribution in [1.29, 1.82) is 0 Å². The molecule has 1 heterocycles. The highest BCUT2D eigenvalue weighted by molar-refractivity contribution is 14.1. The zero-order valence-electron chi connectivity index (χ0n) is 7.86. The molecular weight excluding hydrogens is 291 g/mol. The van der Waals surface area contributed by atoms with Crippen molar-refractivity contribution in [2.75, 3.05) is 18.0 Å². The third-order valence-electron chi connectivity index (χ3n) is 2.28. The summed E-state index contributed by atoms with van der Waals surface area (Å²) < 4.78 is 1.10. The van der Waals surface area contributed by atoms with Crippen LogP contribution in [-0.4, -0.2) is 29.1 Å². The molecule has 0 atom stereocenters. The second-order valence-corrected chi connectivity index (χ2v) is 4.57. The summed E-state index contributed by atoms with van der Waals surface area (Å²) in [5, 5.41) is 0. The van der Waals surface area contributed by atoms with Crippen molar-refractivity contribution in [3.05, 3.63) is 16.1 Å². The summed E-state index contributed by atoms with van der Waals surface area (Å²) in [6.07, 6.45) is 5.97. The van der Waals surface area contributed by atoms with Crippen LogP contribution in [0.1, 0.15) is 12.8 Å². The minimum absolute atomic E-state index is 0.655. The molecule has 1 aromatic rings. The Bertz CT molecular complexity index is 313. The minimum atomic E-state index is 0.655. The van der Waals surface area contributed by atoms with Gasteiger partial charge in [0, 0.05) is 25.3 Å². The molecule has 76 valence electrons. The van der Waals surface area contributed by atoms with Gasteiger partial charge in [0.2, 0.25) is 0 Å². The molecule has 0 unspecified atom stereocenters. The Balaban J connectivity index is 2.21. The van der Waals surface area contributed by atoms with Crippen LogP contribution in [0, 0.1) is 3.57 Å². The maximum Gasteiger partial charge on any atom is 0.145 e. The Morgan fingerprint density at radius 1 is 1.57 bits per heavy atom. The van der Waals surface area contributed by atoms with Crippen LogP contribution >= 0.6 is 22.6 Å². The zero-order chi connectivity index (χ0) is 9.97. The molecular formula is C9H13IN4. The highest BCUT2D eigenvalue weighted by Crippen LogP contribution is 2.31. The van der Waals surface area contributed by atoms with Gasteiger partial charge in [-0.25, -0.2) is 9.97 Å². The number of hydrogen-bond acceptors (Lipinski definition) is 4. The molecule has 2 N–H and O–H groups in total. The van der Waals surface area contributed by atoms with E-state index in [-0.39, 0.29) is 0 Å². The fraction of sp³-hybridized carbons (Fsp3) is 0.556. The largest absolute Gasteiger partial charge is 0.351 e. The predicted molar refractivity (Wildman–Crippen MR) is 64.2 cm³/mol. The SMILES string of the molecule is NCCN(c1ncncc1I)C1CC1. The molecule has 1 aliphatic rings. The van der Waals surface area contributed by atoms with E-state index in [2.05, 4.69) is 37.5 Å². The number of nitrogens with two attached hydrogens (primary N) is 1. The highest BCUT2D eigenvalue weighted by atomic mass is 127. The number of aromatic nitrogens is 2. The number of hydrogen-bond donors (Lipinski definition) is 1. The molecule has 14 heavy (non-hydrogen) atoms. The molecule has 0 aromatic carbocycles. The van der Waals surface area contributed by atoms with Gasteiger partial charge in [-0.1, -0.05) is 0 Å². The van der Waals surface area contributed by atoms with E-state index < -0.39 is 0 Å². The first kappa shape index (κ1) is 10.1. The lowest BCUT2D eigenvalue weighted by Crippen LogP contribution is -2.32. The van der Waals surface area contributed by atoms with Gasteiger partial charge in [0.1, 0.15) is 12.1 Å². The van der Waals surface area contributed by atoms with Crippen molar-refractivity contribution in [2.45, 2.75) is 18.9 Å². The molecule has 1 fully saturated rings. The lowest BCUT2D eigenvalue weighted by atomic mass is 10.4. The summed E-state index contributed by atoms with van der Waals surface area (Å²) in [4.78, 5) is 10.6. The number of nitrogens with zero attached hydrogens (tertiary/aromatic N) is 3. The van der Waals surface area contributed by atoms with Gasteiger partial charge in [0.25, 0.3) is 0 Å². The summed E-state index contributed by atoms with van der Waals surface area (Å²) in [5.74, 6) is 1.04. The molecule has 0 amide bonds. The van der Waals surface area contributed by atoms with E-state index in [0.29, 0.717) is 12.6 Å².